The Labute approximate surface area is 484 Å². The molecule has 10 atom stereocenters. The zero-order valence-electron chi connectivity index (χ0n) is 49.5. The molecule has 3 N–H and O–H groups in total. The summed E-state index contributed by atoms with van der Waals surface area (Å²) in [6, 6.07) is 58.5. The molecular formula is C72H90O9. The van der Waals surface area contributed by atoms with Crippen LogP contribution in [0.25, 0.3) is 0 Å². The minimum atomic E-state index is -0.365. The maximum Gasteiger partial charge on any atom is 0.196 e. The highest BCUT2D eigenvalue weighted by atomic mass is 16.7. The first-order chi connectivity index (χ1) is 39.2. The Morgan fingerprint density at radius 2 is 0.556 bits per heavy atom. The van der Waals surface area contributed by atoms with Crippen LogP contribution < -0.4 is 14.2 Å². The molecule has 0 bridgehead atoms. The molecule has 0 aliphatic heterocycles. The molecule has 432 valence electrons. The minimum absolute atomic E-state index is 0.137. The van der Waals surface area contributed by atoms with Crippen molar-refractivity contribution in [1.82, 2.24) is 0 Å². The molecule has 7 aromatic rings. The van der Waals surface area contributed by atoms with Crippen LogP contribution in [0.3, 0.4) is 0 Å². The van der Waals surface area contributed by atoms with Crippen LogP contribution in [0, 0.1) is 0 Å². The molecule has 9 nitrogen and oxygen atoms in total. The predicted octanol–water partition coefficient (Wildman–Crippen LogP) is 18.2. The van der Waals surface area contributed by atoms with E-state index in [4.69, 9.17) is 28.4 Å². The Hall–Kier alpha value is -6.78. The molecular weight excluding hydrogens is 1010 g/mol. The average Bonchev–Trinajstić information content (AvgIpc) is 3.54. The second-order valence-electron chi connectivity index (χ2n) is 21.9. The van der Waals surface area contributed by atoms with Gasteiger partial charge in [0.15, 0.2) is 18.9 Å². The van der Waals surface area contributed by atoms with Gasteiger partial charge in [0.1, 0.15) is 34.5 Å². The second kappa shape index (κ2) is 31.4. The molecule has 0 amide bonds. The molecule has 0 aromatic heterocycles. The standard InChI is InChI=1S/C72H90O9/c1-10-54(57-25-37-70(38-26-57)79-50(7)76-12-3)45-64(60-21-33-68(74)34-22-60)44-53-15-17-59(18-16-53)66(47-63(43-49(6)56-19-31-67(73)32-20-56)62-29-41-72(42-30-62)81-52(9)78-14-5)48-65(61-23-35-69(75)36-24-61)46-55(11-2)58-27-39-71(40-28-58)80-51(8)77-13-4/h15-42,49-52,54-55,63-66,73-75H,10-14,43-48H2,1-9H3. The Kier molecular flexibility index (Phi) is 24.0. The highest BCUT2D eigenvalue weighted by molar-refractivity contribution is 5.38. The maximum atomic E-state index is 10.6. The number of phenolic OH excluding ortho intramolecular Hbond substituents is 3. The van der Waals surface area contributed by atoms with E-state index in [1.165, 1.54) is 44.5 Å². The summed E-state index contributed by atoms with van der Waals surface area (Å²) in [6.07, 6.45) is 6.26. The highest BCUT2D eigenvalue weighted by Gasteiger charge is 2.29. The lowest BCUT2D eigenvalue weighted by Crippen LogP contribution is -2.16. The molecule has 7 aromatic carbocycles. The summed E-state index contributed by atoms with van der Waals surface area (Å²) in [5.41, 5.74) is 9.95. The van der Waals surface area contributed by atoms with Crippen molar-refractivity contribution in [3.05, 3.63) is 214 Å². The van der Waals surface area contributed by atoms with Gasteiger partial charge in [0, 0.05) is 19.8 Å². The molecule has 9 heteroatoms. The van der Waals surface area contributed by atoms with Gasteiger partial charge in [0.05, 0.1) is 0 Å². The minimum Gasteiger partial charge on any atom is -0.508 e. The first-order valence-corrected chi connectivity index (χ1v) is 29.8. The number of hydrogen-bond donors (Lipinski definition) is 3. The van der Waals surface area contributed by atoms with Crippen molar-refractivity contribution in [2.24, 2.45) is 0 Å². The van der Waals surface area contributed by atoms with E-state index >= 15 is 0 Å². The third-order valence-corrected chi connectivity index (χ3v) is 16.2. The maximum absolute atomic E-state index is 10.6. The fourth-order valence-corrected chi connectivity index (χ4v) is 11.8. The van der Waals surface area contributed by atoms with Crippen LogP contribution >= 0.6 is 0 Å². The smallest absolute Gasteiger partial charge is 0.196 e. The number of aromatic hydroxyl groups is 3. The van der Waals surface area contributed by atoms with Crippen molar-refractivity contribution in [1.29, 1.82) is 0 Å². The van der Waals surface area contributed by atoms with E-state index in [9.17, 15) is 15.3 Å². The molecule has 0 fully saturated rings. The number of hydrogen-bond acceptors (Lipinski definition) is 9. The van der Waals surface area contributed by atoms with E-state index in [1.54, 1.807) is 12.1 Å². The van der Waals surface area contributed by atoms with Gasteiger partial charge in [-0.3, -0.25) is 0 Å². The molecule has 0 saturated carbocycles. The zero-order chi connectivity index (χ0) is 57.7. The normalized spacial score (nSPS) is 15.3. The van der Waals surface area contributed by atoms with E-state index in [2.05, 4.69) is 142 Å². The van der Waals surface area contributed by atoms with E-state index in [0.29, 0.717) is 25.7 Å². The van der Waals surface area contributed by atoms with Crippen LogP contribution in [0.2, 0.25) is 0 Å². The van der Waals surface area contributed by atoms with E-state index < -0.39 is 0 Å². The predicted molar refractivity (Wildman–Crippen MR) is 327 cm³/mol. The van der Waals surface area contributed by atoms with Gasteiger partial charge in [-0.15, -0.1) is 0 Å². The lowest BCUT2D eigenvalue weighted by Gasteiger charge is -2.32. The second-order valence-corrected chi connectivity index (χ2v) is 21.9. The Morgan fingerprint density at radius 3 is 0.889 bits per heavy atom. The fraction of sp³-hybridized carbons (Fsp3) is 0.417. The molecule has 0 radical (unpaired) electrons. The first kappa shape index (κ1) is 61.8. The van der Waals surface area contributed by atoms with Gasteiger partial charge < -0.3 is 43.7 Å². The Morgan fingerprint density at radius 1 is 0.296 bits per heavy atom. The summed E-state index contributed by atoms with van der Waals surface area (Å²) in [5.74, 6) is 4.54. The Bertz CT molecular complexity index is 2850. The Balaban J connectivity index is 1.25. The van der Waals surface area contributed by atoms with Gasteiger partial charge in [0.25, 0.3) is 0 Å². The summed E-state index contributed by atoms with van der Waals surface area (Å²) in [4.78, 5) is 0. The van der Waals surface area contributed by atoms with Crippen molar-refractivity contribution in [2.75, 3.05) is 19.8 Å². The monoisotopic (exact) mass is 1100 g/mol. The quantitative estimate of drug-likeness (QED) is 0.0346. The lowest BCUT2D eigenvalue weighted by atomic mass is 9.73. The summed E-state index contributed by atoms with van der Waals surface area (Å²) < 4.78 is 35.3. The molecule has 7 rings (SSSR count). The summed E-state index contributed by atoms with van der Waals surface area (Å²) in [6.45, 7) is 20.3. The SMILES string of the molecule is CCOC(C)Oc1ccc(C(CC)CC(Cc2ccc(C(CC(CC(C)c3ccc(O)cc3)c3ccc(OC(C)OCC)cc3)CC(CC(CC)c3ccc(OC(C)OCC)cc3)c3ccc(O)cc3)cc2)c2ccc(O)cc2)cc1. The zero-order valence-corrected chi connectivity index (χ0v) is 49.5. The summed E-state index contributed by atoms with van der Waals surface area (Å²) in [7, 11) is 0. The van der Waals surface area contributed by atoms with Crippen LogP contribution in [0.1, 0.15) is 193 Å². The number of ether oxygens (including phenoxy) is 6. The highest BCUT2D eigenvalue weighted by Crippen LogP contribution is 2.46. The van der Waals surface area contributed by atoms with E-state index in [-0.39, 0.29) is 71.6 Å². The van der Waals surface area contributed by atoms with E-state index in [1.807, 2.05) is 77.9 Å². The van der Waals surface area contributed by atoms with Crippen LogP contribution in [-0.4, -0.2) is 54.0 Å². The van der Waals surface area contributed by atoms with Gasteiger partial charge in [-0.25, -0.2) is 0 Å². The van der Waals surface area contributed by atoms with Crippen LogP contribution in [0.15, 0.2) is 170 Å². The van der Waals surface area contributed by atoms with Crippen LogP contribution in [0.4, 0.5) is 0 Å². The third kappa shape index (κ3) is 18.9. The molecule has 0 heterocycles. The van der Waals surface area contributed by atoms with Crippen molar-refractivity contribution in [3.63, 3.8) is 0 Å². The van der Waals surface area contributed by atoms with Crippen molar-refractivity contribution >= 4 is 0 Å². The third-order valence-electron chi connectivity index (χ3n) is 16.2. The molecule has 0 spiro atoms. The molecule has 0 saturated heterocycles. The van der Waals surface area contributed by atoms with Gasteiger partial charge in [0.2, 0.25) is 0 Å². The van der Waals surface area contributed by atoms with Crippen LogP contribution in [0.5, 0.6) is 34.5 Å². The lowest BCUT2D eigenvalue weighted by molar-refractivity contribution is -0.0616. The average molecular weight is 1100 g/mol. The van der Waals surface area contributed by atoms with Crippen molar-refractivity contribution in [2.45, 2.75) is 174 Å². The van der Waals surface area contributed by atoms with Crippen molar-refractivity contribution < 1.29 is 43.7 Å². The summed E-state index contributed by atoms with van der Waals surface area (Å²) >= 11 is 0. The van der Waals surface area contributed by atoms with Gasteiger partial charge in [-0.1, -0.05) is 118 Å². The molecule has 10 unspecified atom stereocenters. The number of benzene rings is 7. The molecule has 0 aliphatic rings. The molecule has 0 aliphatic carbocycles. The summed E-state index contributed by atoms with van der Waals surface area (Å²) in [5, 5.41) is 31.3. The van der Waals surface area contributed by atoms with Gasteiger partial charge in [-0.2, -0.15) is 0 Å². The fourth-order valence-electron chi connectivity index (χ4n) is 11.8. The number of phenols is 3. The van der Waals surface area contributed by atoms with Crippen LogP contribution in [-0.2, 0) is 20.6 Å². The van der Waals surface area contributed by atoms with Gasteiger partial charge >= 0.3 is 0 Å². The van der Waals surface area contributed by atoms with Crippen molar-refractivity contribution in [3.8, 4) is 34.5 Å². The van der Waals surface area contributed by atoms with E-state index in [0.717, 1.165) is 68.6 Å². The largest absolute Gasteiger partial charge is 0.508 e. The van der Waals surface area contributed by atoms with Gasteiger partial charge in [-0.05, 0) is 252 Å². The number of rotatable bonds is 33. The topological polar surface area (TPSA) is 116 Å². The first-order valence-electron chi connectivity index (χ1n) is 29.8. The molecule has 81 heavy (non-hydrogen) atoms.